The molecule has 3 N–H and O–H groups in total. The van der Waals surface area contributed by atoms with E-state index in [2.05, 4.69) is 15.0 Å². The Morgan fingerprint density at radius 2 is 1.93 bits per heavy atom. The van der Waals surface area contributed by atoms with E-state index in [1.807, 2.05) is 11.9 Å². The Labute approximate surface area is 259 Å². The van der Waals surface area contributed by atoms with E-state index in [-0.39, 0.29) is 29.0 Å². The van der Waals surface area contributed by atoms with Crippen LogP contribution in [0.3, 0.4) is 0 Å². The molecule has 2 aromatic rings. The molecule has 2 fully saturated rings. The summed E-state index contributed by atoms with van der Waals surface area (Å²) in [5.74, 6) is 1.12. The fourth-order valence-electron chi connectivity index (χ4n) is 5.75. The van der Waals surface area contributed by atoms with Crippen molar-refractivity contribution in [2.75, 3.05) is 84.0 Å². The fraction of sp³-hybridized carbons (Fsp3) is 0.607. The molecular formula is C28H42N6O8S2. The standard InChI is InChI=1S/C28H42N6O8S2/c1-29-43(36,37)23-7-5-6-22(14-23)41-19-21(35)17-30-20-16-28(42-18-20)8-10-34(11-9-28)44(38,39)25-15-24-27(31-26(25)32(2)3)40-13-12-33(24)4/h5-7,14-15,20-21,29-30,35H,8-13,16-19H2,1-4H3. The second-order valence-electron chi connectivity index (χ2n) is 11.7. The number of ether oxygens (including phenoxy) is 3. The minimum Gasteiger partial charge on any atom is -0.491 e. The summed E-state index contributed by atoms with van der Waals surface area (Å²) in [4.78, 5) is 8.44. The van der Waals surface area contributed by atoms with Gasteiger partial charge in [0.2, 0.25) is 25.9 Å². The highest BCUT2D eigenvalue weighted by atomic mass is 32.2. The number of hydrogen-bond acceptors (Lipinski definition) is 12. The zero-order valence-electron chi connectivity index (χ0n) is 25.5. The number of sulfonamides is 2. The van der Waals surface area contributed by atoms with E-state index >= 15 is 0 Å². The highest BCUT2D eigenvalue weighted by Gasteiger charge is 2.45. The normalized spacial score (nSPS) is 21.1. The average molecular weight is 655 g/mol. The van der Waals surface area contributed by atoms with Crippen molar-refractivity contribution in [1.82, 2.24) is 19.3 Å². The number of aliphatic hydroxyl groups excluding tert-OH is 1. The highest BCUT2D eigenvalue weighted by Crippen LogP contribution is 2.40. The van der Waals surface area contributed by atoms with Crippen LogP contribution < -0.4 is 29.3 Å². The molecule has 0 amide bonds. The van der Waals surface area contributed by atoms with Gasteiger partial charge < -0.3 is 34.4 Å². The topological polar surface area (TPSA) is 163 Å². The summed E-state index contributed by atoms with van der Waals surface area (Å²) in [5.41, 5.74) is 0.224. The van der Waals surface area contributed by atoms with Crippen LogP contribution in [-0.4, -0.2) is 123 Å². The summed E-state index contributed by atoms with van der Waals surface area (Å²) in [6, 6.07) is 7.74. The lowest BCUT2D eigenvalue weighted by atomic mass is 9.88. The summed E-state index contributed by atoms with van der Waals surface area (Å²) < 4.78 is 73.1. The van der Waals surface area contributed by atoms with Crippen molar-refractivity contribution in [3.8, 4) is 11.6 Å². The summed E-state index contributed by atoms with van der Waals surface area (Å²) >= 11 is 0. The van der Waals surface area contributed by atoms with Gasteiger partial charge in [-0.15, -0.1) is 0 Å². The smallest absolute Gasteiger partial charge is 0.246 e. The van der Waals surface area contributed by atoms with Crippen molar-refractivity contribution in [2.45, 2.75) is 46.8 Å². The lowest BCUT2D eigenvalue weighted by Gasteiger charge is -2.38. The van der Waals surface area contributed by atoms with Gasteiger partial charge in [-0.05, 0) is 44.5 Å². The predicted molar refractivity (Wildman–Crippen MR) is 165 cm³/mol. The number of fused-ring (bicyclic) bond motifs is 1. The van der Waals surface area contributed by atoms with Gasteiger partial charge in [-0.2, -0.15) is 9.29 Å². The van der Waals surface area contributed by atoms with Gasteiger partial charge in [-0.3, -0.25) is 0 Å². The molecule has 0 saturated carbocycles. The van der Waals surface area contributed by atoms with Gasteiger partial charge in [0.05, 0.1) is 23.6 Å². The van der Waals surface area contributed by atoms with Crippen LogP contribution in [0.15, 0.2) is 40.1 Å². The highest BCUT2D eigenvalue weighted by molar-refractivity contribution is 7.89. The van der Waals surface area contributed by atoms with E-state index in [0.717, 1.165) is 0 Å². The predicted octanol–water partition coefficient (Wildman–Crippen LogP) is 0.226. The number of nitrogens with zero attached hydrogens (tertiary/aromatic N) is 4. The number of aromatic nitrogens is 1. The molecule has 2 atom stereocenters. The maximum atomic E-state index is 13.9. The molecule has 0 radical (unpaired) electrons. The third-order valence-electron chi connectivity index (χ3n) is 8.34. The van der Waals surface area contributed by atoms with Gasteiger partial charge in [-0.1, -0.05) is 6.07 Å². The largest absolute Gasteiger partial charge is 0.491 e. The lowest BCUT2D eigenvalue weighted by molar-refractivity contribution is -0.0312. The van der Waals surface area contributed by atoms with Crippen molar-refractivity contribution in [2.24, 2.45) is 0 Å². The molecule has 3 aliphatic heterocycles. The van der Waals surface area contributed by atoms with E-state index in [1.54, 1.807) is 37.2 Å². The number of anilines is 2. The third kappa shape index (κ3) is 6.90. The SMILES string of the molecule is CNS(=O)(=O)c1cccc(OCC(O)CNC2COC3(CCN(S(=O)(=O)c4cc5c(nc4N(C)C)OCCN5C)CC3)C2)c1. The number of aliphatic hydroxyl groups is 1. The zero-order valence-corrected chi connectivity index (χ0v) is 27.2. The monoisotopic (exact) mass is 654 g/mol. The van der Waals surface area contributed by atoms with Crippen LogP contribution in [0.25, 0.3) is 0 Å². The minimum atomic E-state index is -3.83. The molecule has 2 unspecified atom stereocenters. The zero-order chi connectivity index (χ0) is 31.7. The number of likely N-dealkylation sites (N-methyl/N-ethyl adjacent to an activating group) is 1. The summed E-state index contributed by atoms with van der Waals surface area (Å²) in [7, 11) is -0.656. The van der Waals surface area contributed by atoms with E-state index in [0.29, 0.717) is 75.2 Å². The Kier molecular flexibility index (Phi) is 9.61. The number of nitrogens with one attached hydrogen (secondary N) is 2. The van der Waals surface area contributed by atoms with E-state index in [9.17, 15) is 21.9 Å². The van der Waals surface area contributed by atoms with E-state index in [4.69, 9.17) is 14.2 Å². The fourth-order valence-corrected chi connectivity index (χ4v) is 8.17. The van der Waals surface area contributed by atoms with Crippen molar-refractivity contribution in [1.29, 1.82) is 0 Å². The third-order valence-corrected chi connectivity index (χ3v) is 11.7. The Morgan fingerprint density at radius 1 is 1.18 bits per heavy atom. The molecule has 0 aliphatic carbocycles. The van der Waals surface area contributed by atoms with E-state index < -0.39 is 31.8 Å². The summed E-state index contributed by atoms with van der Waals surface area (Å²) in [6.45, 7) is 2.48. The second kappa shape index (κ2) is 12.9. The summed E-state index contributed by atoms with van der Waals surface area (Å²) in [5, 5.41) is 13.8. The van der Waals surface area contributed by atoms with Crippen molar-refractivity contribution in [3.63, 3.8) is 0 Å². The van der Waals surface area contributed by atoms with Crippen LogP contribution in [0, 0.1) is 0 Å². The summed E-state index contributed by atoms with van der Waals surface area (Å²) in [6.07, 6.45) is 0.981. The van der Waals surface area contributed by atoms with Gasteiger partial charge in [0.1, 0.15) is 35.7 Å². The van der Waals surface area contributed by atoms with Crippen LogP contribution >= 0.6 is 0 Å². The van der Waals surface area contributed by atoms with Gasteiger partial charge in [0.25, 0.3) is 0 Å². The maximum Gasteiger partial charge on any atom is 0.246 e. The van der Waals surface area contributed by atoms with Crippen LogP contribution in [0.1, 0.15) is 19.3 Å². The number of hydrogen-bond donors (Lipinski definition) is 3. The number of benzene rings is 1. The van der Waals surface area contributed by atoms with Crippen molar-refractivity contribution >= 4 is 31.6 Å². The van der Waals surface area contributed by atoms with Crippen LogP contribution in [0.5, 0.6) is 11.6 Å². The number of rotatable bonds is 11. The first-order valence-electron chi connectivity index (χ1n) is 14.6. The van der Waals surface area contributed by atoms with Crippen molar-refractivity contribution in [3.05, 3.63) is 30.3 Å². The molecular weight excluding hydrogens is 612 g/mol. The van der Waals surface area contributed by atoms with Gasteiger partial charge in [0, 0.05) is 52.9 Å². The Hall–Kier alpha value is -2.73. The van der Waals surface area contributed by atoms with Gasteiger partial charge in [-0.25, -0.2) is 21.6 Å². The Bertz CT molecular complexity index is 1550. The minimum absolute atomic E-state index is 0.00219. The molecule has 0 bridgehead atoms. The quantitative estimate of drug-likeness (QED) is 0.303. The van der Waals surface area contributed by atoms with Gasteiger partial charge in [0.15, 0.2) is 5.82 Å². The molecule has 1 spiro atoms. The molecule has 1 aromatic carbocycles. The molecule has 5 rings (SSSR count). The Morgan fingerprint density at radius 3 is 2.64 bits per heavy atom. The van der Waals surface area contributed by atoms with Crippen LogP contribution in [-0.2, 0) is 24.8 Å². The maximum absolute atomic E-state index is 13.9. The van der Waals surface area contributed by atoms with Crippen LogP contribution in [0.2, 0.25) is 0 Å². The number of piperidine rings is 1. The van der Waals surface area contributed by atoms with Gasteiger partial charge >= 0.3 is 0 Å². The molecule has 2 saturated heterocycles. The molecule has 3 aliphatic rings. The van der Waals surface area contributed by atoms with E-state index in [1.165, 1.54) is 23.5 Å². The first-order valence-corrected chi connectivity index (χ1v) is 17.5. The average Bonchev–Trinajstić information content (AvgIpc) is 3.40. The first kappa shape index (κ1) is 32.7. The Balaban J connectivity index is 1.14. The molecule has 4 heterocycles. The molecule has 1 aromatic heterocycles. The lowest BCUT2D eigenvalue weighted by Crippen LogP contribution is -2.47. The number of pyridine rings is 1. The second-order valence-corrected chi connectivity index (χ2v) is 15.4. The molecule has 14 nitrogen and oxygen atoms in total. The van der Waals surface area contributed by atoms with Crippen molar-refractivity contribution < 1.29 is 36.2 Å². The molecule has 244 valence electrons. The molecule has 16 heteroatoms. The first-order chi connectivity index (χ1) is 20.8. The molecule has 44 heavy (non-hydrogen) atoms. The van der Waals surface area contributed by atoms with Crippen LogP contribution in [0.4, 0.5) is 11.5 Å².